The van der Waals surface area contributed by atoms with Gasteiger partial charge in [-0.15, -0.1) is 0 Å². The van der Waals surface area contributed by atoms with Crippen molar-refractivity contribution in [2.45, 2.75) is 116 Å². The zero-order valence-electron chi connectivity index (χ0n) is 20.4. The van der Waals surface area contributed by atoms with Gasteiger partial charge in [0.2, 0.25) is 0 Å². The summed E-state index contributed by atoms with van der Waals surface area (Å²) < 4.78 is 5.48. The monoisotopic (exact) mass is 446 g/mol. The maximum atomic E-state index is 13.2. The fourth-order valence-electron chi connectivity index (χ4n) is 10.4. The minimum atomic E-state index is -1.22. The molecule has 2 N–H and O–H groups in total. The molecule has 180 valence electrons. The van der Waals surface area contributed by atoms with E-state index >= 15 is 0 Å². The lowest BCUT2D eigenvalue weighted by atomic mass is 9.41. The van der Waals surface area contributed by atoms with Crippen LogP contribution in [0.25, 0.3) is 0 Å². The molecule has 0 aromatic carbocycles. The highest BCUT2D eigenvalue weighted by molar-refractivity contribution is 5.84. The molecule has 5 rings (SSSR count). The van der Waals surface area contributed by atoms with Crippen LogP contribution >= 0.6 is 0 Å². The van der Waals surface area contributed by atoms with Crippen LogP contribution in [-0.4, -0.2) is 39.8 Å². The number of hydrogen-bond donors (Lipinski definition) is 2. The Balaban J connectivity index is 1.49. The Kier molecular flexibility index (Phi) is 5.19. The molecule has 32 heavy (non-hydrogen) atoms. The molecule has 0 bridgehead atoms. The van der Waals surface area contributed by atoms with Gasteiger partial charge in [0.15, 0.2) is 0 Å². The zero-order chi connectivity index (χ0) is 23.1. The van der Waals surface area contributed by atoms with Gasteiger partial charge in [0.25, 0.3) is 0 Å². The van der Waals surface area contributed by atoms with Crippen molar-refractivity contribution >= 4 is 11.8 Å². The van der Waals surface area contributed by atoms with Crippen LogP contribution in [-0.2, 0) is 14.3 Å². The summed E-state index contributed by atoms with van der Waals surface area (Å²) in [5.74, 6) is 1.69. The van der Waals surface area contributed by atoms with E-state index in [1.165, 1.54) is 13.3 Å². The van der Waals surface area contributed by atoms with E-state index in [1.807, 2.05) is 6.92 Å². The second kappa shape index (κ2) is 7.28. The SMILES string of the molecule is CC(=O)O[C@H]1CC[C@]2(C)[C@H]3CC[C@@]4(C)[C@@H](C[C@H]5CCCC[C@]54C(C)=O)[C@@H]3C[C@@H](O)[C@@]2(O)C1. The zero-order valence-corrected chi connectivity index (χ0v) is 20.4. The lowest BCUT2D eigenvalue weighted by molar-refractivity contribution is -0.267. The molecule has 0 spiro atoms. The Hall–Kier alpha value is -0.940. The largest absolute Gasteiger partial charge is 0.462 e. The first-order chi connectivity index (χ1) is 15.0. The summed E-state index contributed by atoms with van der Waals surface area (Å²) in [7, 11) is 0. The molecule has 0 heterocycles. The lowest BCUT2D eigenvalue weighted by Crippen LogP contribution is -2.69. The molecule has 0 unspecified atom stereocenters. The minimum absolute atomic E-state index is 0.00552. The second-order valence-electron chi connectivity index (χ2n) is 12.6. The second-order valence-corrected chi connectivity index (χ2v) is 12.6. The van der Waals surface area contributed by atoms with Crippen LogP contribution in [0.1, 0.15) is 98.3 Å². The Labute approximate surface area is 192 Å². The third-order valence-corrected chi connectivity index (χ3v) is 11.8. The molecule has 5 aliphatic rings. The van der Waals surface area contributed by atoms with E-state index in [9.17, 15) is 19.8 Å². The highest BCUT2D eigenvalue weighted by Crippen LogP contribution is 2.74. The number of Topliss-reactive ketones (excluding diaryl/α,β-unsaturated/α-hetero) is 1. The first-order valence-electron chi connectivity index (χ1n) is 13.1. The van der Waals surface area contributed by atoms with Crippen LogP contribution in [0.5, 0.6) is 0 Å². The van der Waals surface area contributed by atoms with Gasteiger partial charge in [-0.2, -0.15) is 0 Å². The summed E-state index contributed by atoms with van der Waals surface area (Å²) in [4.78, 5) is 24.8. The molecule has 0 amide bonds. The number of carbonyl (C=O) groups excluding carboxylic acids is 2. The standard InChI is InChI=1S/C27H42O5/c1-16(28)26-10-6-5-7-18(26)13-22-20-14-23(30)27(31)15-19(32-17(2)29)8-11-25(27,4)21(20)9-12-24(22,26)3/h18-23,30-31H,5-15H2,1-4H3/t18-,19+,20-,21+,22+,23-,24+,25-,26+,27+/m1/s1. The quantitative estimate of drug-likeness (QED) is 0.614. The van der Waals surface area contributed by atoms with Gasteiger partial charge in [-0.25, -0.2) is 0 Å². The number of rotatable bonds is 2. The highest BCUT2D eigenvalue weighted by Gasteiger charge is 2.72. The van der Waals surface area contributed by atoms with Gasteiger partial charge in [-0.05, 0) is 87.4 Å². The van der Waals surface area contributed by atoms with E-state index in [0.29, 0.717) is 42.3 Å². The van der Waals surface area contributed by atoms with Gasteiger partial charge in [-0.1, -0.05) is 26.7 Å². The number of aliphatic hydroxyl groups excluding tert-OH is 1. The van der Waals surface area contributed by atoms with Crippen molar-refractivity contribution < 1.29 is 24.5 Å². The average molecular weight is 447 g/mol. The van der Waals surface area contributed by atoms with Gasteiger partial charge in [0.1, 0.15) is 11.9 Å². The highest BCUT2D eigenvalue weighted by atomic mass is 16.5. The number of hydrogen-bond acceptors (Lipinski definition) is 5. The Bertz CT molecular complexity index is 810. The van der Waals surface area contributed by atoms with Gasteiger partial charge in [0, 0.05) is 24.2 Å². The Morgan fingerprint density at radius 3 is 2.31 bits per heavy atom. The summed E-state index contributed by atoms with van der Waals surface area (Å²) in [5, 5.41) is 23.3. The average Bonchev–Trinajstić information content (AvgIpc) is 3.00. The molecular weight excluding hydrogens is 404 g/mol. The van der Waals surface area contributed by atoms with E-state index in [-0.39, 0.29) is 28.3 Å². The number of ketones is 1. The molecule has 10 atom stereocenters. The molecular formula is C27H42O5. The number of esters is 1. The van der Waals surface area contributed by atoms with Crippen LogP contribution < -0.4 is 0 Å². The third-order valence-electron chi connectivity index (χ3n) is 11.8. The maximum Gasteiger partial charge on any atom is 0.302 e. The molecule has 5 nitrogen and oxygen atoms in total. The third kappa shape index (κ3) is 2.70. The molecule has 0 aliphatic heterocycles. The Morgan fingerprint density at radius 2 is 1.62 bits per heavy atom. The van der Waals surface area contributed by atoms with Gasteiger partial charge >= 0.3 is 5.97 Å². The van der Waals surface area contributed by atoms with E-state index in [0.717, 1.165) is 51.4 Å². The van der Waals surface area contributed by atoms with Crippen molar-refractivity contribution in [2.75, 3.05) is 0 Å². The van der Waals surface area contributed by atoms with Crippen LogP contribution in [0.4, 0.5) is 0 Å². The first-order valence-corrected chi connectivity index (χ1v) is 13.1. The van der Waals surface area contributed by atoms with E-state index in [1.54, 1.807) is 0 Å². The molecule has 5 aliphatic carbocycles. The Morgan fingerprint density at radius 1 is 0.906 bits per heavy atom. The first kappa shape index (κ1) is 22.8. The molecule has 0 saturated heterocycles. The summed E-state index contributed by atoms with van der Waals surface area (Å²) >= 11 is 0. The lowest BCUT2D eigenvalue weighted by Gasteiger charge is -2.66. The molecule has 5 fully saturated rings. The fourth-order valence-corrected chi connectivity index (χ4v) is 10.4. The maximum absolute atomic E-state index is 13.2. The van der Waals surface area contributed by atoms with Crippen molar-refractivity contribution in [3.05, 3.63) is 0 Å². The van der Waals surface area contributed by atoms with Crippen molar-refractivity contribution in [3.8, 4) is 0 Å². The summed E-state index contributed by atoms with van der Waals surface area (Å²) in [5.41, 5.74) is -1.78. The number of fused-ring (bicyclic) bond motifs is 7. The van der Waals surface area contributed by atoms with E-state index in [2.05, 4.69) is 13.8 Å². The summed E-state index contributed by atoms with van der Waals surface area (Å²) in [6.07, 6.45) is 9.06. The minimum Gasteiger partial charge on any atom is -0.462 e. The van der Waals surface area contributed by atoms with Crippen LogP contribution in [0.15, 0.2) is 0 Å². The molecule has 0 aromatic heterocycles. The summed E-state index contributed by atoms with van der Waals surface area (Å²) in [6.45, 7) is 7.83. The fraction of sp³-hybridized carbons (Fsp3) is 0.926. The van der Waals surface area contributed by atoms with Gasteiger partial charge in [-0.3, -0.25) is 9.59 Å². The van der Waals surface area contributed by atoms with Gasteiger partial charge < -0.3 is 14.9 Å². The van der Waals surface area contributed by atoms with Gasteiger partial charge in [0.05, 0.1) is 11.7 Å². The number of aliphatic hydroxyl groups is 2. The molecule has 0 radical (unpaired) electrons. The predicted octanol–water partition coefficient (Wildman–Crippen LogP) is 4.42. The molecule has 5 saturated carbocycles. The van der Waals surface area contributed by atoms with Crippen molar-refractivity contribution in [3.63, 3.8) is 0 Å². The number of carbonyl (C=O) groups is 2. The summed E-state index contributed by atoms with van der Waals surface area (Å²) in [6, 6.07) is 0. The predicted molar refractivity (Wildman–Crippen MR) is 121 cm³/mol. The van der Waals surface area contributed by atoms with Crippen LogP contribution in [0, 0.1) is 39.9 Å². The van der Waals surface area contributed by atoms with Crippen molar-refractivity contribution in [1.29, 1.82) is 0 Å². The topological polar surface area (TPSA) is 83.8 Å². The van der Waals surface area contributed by atoms with Crippen molar-refractivity contribution in [2.24, 2.45) is 39.9 Å². The van der Waals surface area contributed by atoms with Crippen LogP contribution in [0.3, 0.4) is 0 Å². The molecule has 5 heteroatoms. The van der Waals surface area contributed by atoms with Crippen LogP contribution in [0.2, 0.25) is 0 Å². The van der Waals surface area contributed by atoms with Crippen molar-refractivity contribution in [1.82, 2.24) is 0 Å². The number of ether oxygens (including phenoxy) is 1. The van der Waals surface area contributed by atoms with E-state index in [4.69, 9.17) is 4.74 Å². The molecule has 0 aromatic rings. The van der Waals surface area contributed by atoms with E-state index < -0.39 is 11.7 Å². The smallest absolute Gasteiger partial charge is 0.302 e. The normalized spacial score (nSPS) is 54.6.